The van der Waals surface area contributed by atoms with Crippen molar-refractivity contribution in [2.45, 2.75) is 4.90 Å². The van der Waals surface area contributed by atoms with Gasteiger partial charge in [0.2, 0.25) is 22.8 Å². The summed E-state index contributed by atoms with van der Waals surface area (Å²) in [4.78, 5) is 8.47. The van der Waals surface area contributed by atoms with Crippen LogP contribution in [0.5, 0.6) is 11.5 Å². The molecule has 0 radical (unpaired) electrons. The van der Waals surface area contributed by atoms with Gasteiger partial charge in [0.1, 0.15) is 11.5 Å². The van der Waals surface area contributed by atoms with Crippen LogP contribution in [0, 0.1) is 0 Å². The van der Waals surface area contributed by atoms with Crippen LogP contribution in [0.25, 0.3) is 0 Å². The molecule has 9 nitrogen and oxygen atoms in total. The zero-order valence-electron chi connectivity index (χ0n) is 14.2. The number of fused-ring (bicyclic) bond motifs is 1. The highest BCUT2D eigenvalue weighted by atomic mass is 35.5. The van der Waals surface area contributed by atoms with Crippen LogP contribution < -0.4 is 25.2 Å². The second kappa shape index (κ2) is 7.15. The first-order valence-electron chi connectivity index (χ1n) is 7.98. The number of ether oxygens (including phenoxy) is 2. The number of hydrogen-bond acceptors (Lipinski definition) is 8. The molecule has 4 rings (SSSR count). The van der Waals surface area contributed by atoms with E-state index in [-0.39, 0.29) is 17.6 Å². The van der Waals surface area contributed by atoms with E-state index in [1.54, 1.807) is 30.3 Å². The third kappa shape index (κ3) is 3.79. The van der Waals surface area contributed by atoms with Crippen molar-refractivity contribution in [3.05, 3.63) is 53.7 Å². The molecule has 11 heteroatoms. The van der Waals surface area contributed by atoms with E-state index in [1.165, 1.54) is 18.3 Å². The van der Waals surface area contributed by atoms with Crippen LogP contribution in [0.1, 0.15) is 0 Å². The summed E-state index contributed by atoms with van der Waals surface area (Å²) < 4.78 is 33.8. The predicted molar refractivity (Wildman–Crippen MR) is 104 cm³/mol. The zero-order valence-corrected chi connectivity index (χ0v) is 15.8. The molecule has 2 heterocycles. The van der Waals surface area contributed by atoms with E-state index in [0.29, 0.717) is 33.7 Å². The number of sulfonamides is 1. The van der Waals surface area contributed by atoms with Crippen LogP contribution in [-0.2, 0) is 10.0 Å². The van der Waals surface area contributed by atoms with Crippen molar-refractivity contribution in [2.24, 2.45) is 5.14 Å². The maximum Gasteiger partial charge on any atom is 0.238 e. The molecule has 0 fully saturated rings. The minimum absolute atomic E-state index is 0.0180. The lowest BCUT2D eigenvalue weighted by Gasteiger charge is -2.12. The summed E-state index contributed by atoms with van der Waals surface area (Å²) in [6.45, 7) is 0.112. The fourth-order valence-corrected chi connectivity index (χ4v) is 3.32. The molecule has 0 spiro atoms. The molecule has 1 aliphatic rings. The molecule has 0 saturated heterocycles. The van der Waals surface area contributed by atoms with Gasteiger partial charge in [-0.05, 0) is 36.4 Å². The standard InChI is InChI=1S/C17H14ClN5O4S/c18-12-4-5-13-16(27-9-26-13)15(12)22-14-6-7-20-17(23-14)21-10-2-1-3-11(8-10)28(19,24)25/h1-8H,9H2,(H2,19,24,25)(H2,20,21,22,23). The van der Waals surface area contributed by atoms with E-state index < -0.39 is 10.0 Å². The Morgan fingerprint density at radius 1 is 1.11 bits per heavy atom. The average Bonchev–Trinajstić information content (AvgIpc) is 3.13. The smallest absolute Gasteiger partial charge is 0.238 e. The van der Waals surface area contributed by atoms with Crippen molar-refractivity contribution in [3.63, 3.8) is 0 Å². The normalized spacial score (nSPS) is 12.6. The Morgan fingerprint density at radius 2 is 1.96 bits per heavy atom. The fraction of sp³-hybridized carbons (Fsp3) is 0.0588. The van der Waals surface area contributed by atoms with E-state index >= 15 is 0 Å². The Hall–Kier alpha value is -3.08. The van der Waals surface area contributed by atoms with Gasteiger partial charge in [0, 0.05) is 11.9 Å². The van der Waals surface area contributed by atoms with Gasteiger partial charge in [-0.1, -0.05) is 17.7 Å². The number of nitrogens with two attached hydrogens (primary N) is 1. The van der Waals surface area contributed by atoms with E-state index in [0.717, 1.165) is 0 Å². The second-order valence-corrected chi connectivity index (χ2v) is 7.71. The molecule has 1 aromatic heterocycles. The summed E-state index contributed by atoms with van der Waals surface area (Å²) in [5.74, 6) is 1.78. The van der Waals surface area contributed by atoms with Crippen LogP contribution in [-0.4, -0.2) is 25.2 Å². The highest BCUT2D eigenvalue weighted by molar-refractivity contribution is 7.89. The summed E-state index contributed by atoms with van der Waals surface area (Å²) in [7, 11) is -3.81. The van der Waals surface area contributed by atoms with Crippen molar-refractivity contribution in [1.29, 1.82) is 0 Å². The molecule has 0 saturated carbocycles. The van der Waals surface area contributed by atoms with Crippen molar-refractivity contribution < 1.29 is 17.9 Å². The first-order valence-corrected chi connectivity index (χ1v) is 9.91. The van der Waals surface area contributed by atoms with Crippen LogP contribution >= 0.6 is 11.6 Å². The lowest BCUT2D eigenvalue weighted by Crippen LogP contribution is -2.12. The molecule has 2 aromatic carbocycles. The Morgan fingerprint density at radius 3 is 2.79 bits per heavy atom. The van der Waals surface area contributed by atoms with Crippen LogP contribution in [0.3, 0.4) is 0 Å². The number of benzene rings is 2. The van der Waals surface area contributed by atoms with Gasteiger partial charge in [0.25, 0.3) is 0 Å². The molecular weight excluding hydrogens is 406 g/mol. The molecule has 1 aliphatic heterocycles. The number of rotatable bonds is 5. The van der Waals surface area contributed by atoms with Crippen molar-refractivity contribution >= 4 is 44.8 Å². The highest BCUT2D eigenvalue weighted by Gasteiger charge is 2.21. The van der Waals surface area contributed by atoms with Gasteiger partial charge in [0.15, 0.2) is 11.5 Å². The van der Waals surface area contributed by atoms with Crippen molar-refractivity contribution in [2.75, 3.05) is 17.4 Å². The van der Waals surface area contributed by atoms with E-state index in [1.807, 2.05) is 0 Å². The monoisotopic (exact) mass is 419 g/mol. The third-order valence-electron chi connectivity index (χ3n) is 3.82. The number of hydrogen-bond donors (Lipinski definition) is 3. The third-order valence-corrected chi connectivity index (χ3v) is 5.04. The number of nitrogens with one attached hydrogen (secondary N) is 2. The maximum atomic E-state index is 11.5. The molecule has 0 bridgehead atoms. The van der Waals surface area contributed by atoms with Crippen molar-refractivity contribution in [1.82, 2.24) is 9.97 Å². The molecule has 0 aliphatic carbocycles. The van der Waals surface area contributed by atoms with E-state index in [9.17, 15) is 8.42 Å². The largest absolute Gasteiger partial charge is 0.454 e. The number of nitrogens with zero attached hydrogens (tertiary/aromatic N) is 2. The maximum absolute atomic E-state index is 11.5. The SMILES string of the molecule is NS(=O)(=O)c1cccc(Nc2nccc(Nc3c(Cl)ccc4c3OCO4)n2)c1. The second-order valence-electron chi connectivity index (χ2n) is 5.74. The molecular formula is C17H14ClN5O4S. The van der Waals surface area contributed by atoms with Gasteiger partial charge in [-0.2, -0.15) is 4.98 Å². The number of halogens is 1. The Bertz CT molecular complexity index is 1160. The topological polar surface area (TPSA) is 128 Å². The lowest BCUT2D eigenvalue weighted by molar-refractivity contribution is 0.174. The minimum atomic E-state index is -3.81. The Balaban J connectivity index is 1.59. The Labute approximate surface area is 165 Å². The Kier molecular flexibility index (Phi) is 4.67. The number of anilines is 4. The first kappa shape index (κ1) is 18.3. The van der Waals surface area contributed by atoms with Crippen LogP contribution in [0.2, 0.25) is 5.02 Å². The lowest BCUT2D eigenvalue weighted by atomic mass is 10.2. The molecule has 144 valence electrons. The zero-order chi connectivity index (χ0) is 19.7. The van der Waals surface area contributed by atoms with Gasteiger partial charge in [-0.3, -0.25) is 0 Å². The summed E-state index contributed by atoms with van der Waals surface area (Å²) in [6, 6.07) is 11.1. The minimum Gasteiger partial charge on any atom is -0.454 e. The van der Waals surface area contributed by atoms with Crippen LogP contribution in [0.15, 0.2) is 53.6 Å². The number of aromatic nitrogens is 2. The average molecular weight is 420 g/mol. The van der Waals surface area contributed by atoms with E-state index in [4.69, 9.17) is 26.2 Å². The summed E-state index contributed by atoms with van der Waals surface area (Å²) in [6.07, 6.45) is 1.54. The molecule has 3 aromatic rings. The molecule has 28 heavy (non-hydrogen) atoms. The molecule has 0 atom stereocenters. The summed E-state index contributed by atoms with van der Waals surface area (Å²) >= 11 is 6.26. The summed E-state index contributed by atoms with van der Waals surface area (Å²) in [5.41, 5.74) is 0.997. The van der Waals surface area contributed by atoms with E-state index in [2.05, 4.69) is 20.6 Å². The molecule has 0 unspecified atom stereocenters. The predicted octanol–water partition coefficient (Wildman–Crippen LogP) is 2.99. The van der Waals surface area contributed by atoms with Gasteiger partial charge in [0.05, 0.1) is 9.92 Å². The fourth-order valence-electron chi connectivity index (χ4n) is 2.56. The highest BCUT2D eigenvalue weighted by Crippen LogP contribution is 2.44. The quantitative estimate of drug-likeness (QED) is 0.575. The first-order chi connectivity index (χ1) is 13.4. The van der Waals surface area contributed by atoms with Gasteiger partial charge in [-0.15, -0.1) is 0 Å². The van der Waals surface area contributed by atoms with Crippen LogP contribution in [0.4, 0.5) is 23.1 Å². The van der Waals surface area contributed by atoms with Gasteiger partial charge >= 0.3 is 0 Å². The molecule has 4 N–H and O–H groups in total. The molecule has 0 amide bonds. The summed E-state index contributed by atoms with van der Waals surface area (Å²) in [5, 5.41) is 11.6. The van der Waals surface area contributed by atoms with Gasteiger partial charge < -0.3 is 20.1 Å². The number of primary sulfonamides is 1. The van der Waals surface area contributed by atoms with Gasteiger partial charge in [-0.25, -0.2) is 18.5 Å². The van der Waals surface area contributed by atoms with Crippen molar-refractivity contribution in [3.8, 4) is 11.5 Å².